The zero-order chi connectivity index (χ0) is 29.8. The topological polar surface area (TPSA) is 167 Å². The molecule has 0 saturated carbocycles. The number of aryl methyl sites for hydroxylation is 1. The standard InChI is InChI=1S/C27H27NO12S/c1-12-22(19-10-41-11-28-19)23(33)18-7-6-17(8-20(18)35-12)39-27-26(38-16(5)32)25(37-15(4)31)24(36-14(3)30)21(40-27)9-34-13(2)29/h6-8,10-11,21,24-27H,9H2,1-5H3/t21-,24-,25+,26-,27-/m0/s1. The summed E-state index contributed by atoms with van der Waals surface area (Å²) >= 11 is 1.35. The second-order valence-electron chi connectivity index (χ2n) is 9.08. The van der Waals surface area contributed by atoms with Crippen LogP contribution in [-0.4, -0.2) is 66.2 Å². The largest absolute Gasteiger partial charge is 0.463 e. The Kier molecular flexibility index (Phi) is 9.03. The van der Waals surface area contributed by atoms with Crippen molar-refractivity contribution in [2.24, 2.45) is 0 Å². The Hall–Kier alpha value is -4.30. The molecule has 3 aromatic rings. The van der Waals surface area contributed by atoms with Crippen molar-refractivity contribution in [2.75, 3.05) is 6.61 Å². The highest BCUT2D eigenvalue weighted by molar-refractivity contribution is 7.07. The van der Waals surface area contributed by atoms with E-state index < -0.39 is 61.2 Å². The van der Waals surface area contributed by atoms with Crippen LogP contribution in [0.15, 0.2) is 38.3 Å². The molecule has 218 valence electrons. The van der Waals surface area contributed by atoms with Crippen molar-refractivity contribution in [3.05, 3.63) is 45.1 Å². The van der Waals surface area contributed by atoms with E-state index in [1.54, 1.807) is 17.8 Å². The number of ether oxygens (including phenoxy) is 6. The number of rotatable bonds is 8. The van der Waals surface area contributed by atoms with Gasteiger partial charge >= 0.3 is 23.9 Å². The van der Waals surface area contributed by atoms with E-state index in [9.17, 15) is 24.0 Å². The van der Waals surface area contributed by atoms with Crippen LogP contribution in [0, 0.1) is 6.92 Å². The molecule has 0 radical (unpaired) electrons. The van der Waals surface area contributed by atoms with E-state index >= 15 is 0 Å². The number of thiazole rings is 1. The highest BCUT2D eigenvalue weighted by Crippen LogP contribution is 2.32. The minimum atomic E-state index is -1.44. The molecule has 4 rings (SSSR count). The monoisotopic (exact) mass is 589 g/mol. The predicted octanol–water partition coefficient (Wildman–Crippen LogP) is 2.69. The molecule has 1 aromatic carbocycles. The fraction of sp³-hybridized carbons (Fsp3) is 0.407. The Bertz CT molecular complexity index is 1510. The van der Waals surface area contributed by atoms with Crippen molar-refractivity contribution in [1.29, 1.82) is 0 Å². The SMILES string of the molecule is CC(=O)OC[C@@H]1O[C@H](Oc2ccc3c(=O)c(-c4cscn4)c(C)oc3c2)[C@@H](OC(C)=O)[C@H](OC(C)=O)[C@H]1OC(C)=O. The van der Waals surface area contributed by atoms with Gasteiger partial charge in [-0.1, -0.05) is 0 Å². The van der Waals surface area contributed by atoms with Crippen LogP contribution in [-0.2, 0) is 42.9 Å². The Labute approximate surface area is 237 Å². The molecular weight excluding hydrogens is 562 g/mol. The maximum Gasteiger partial charge on any atom is 0.303 e. The maximum absolute atomic E-state index is 13.2. The van der Waals surface area contributed by atoms with E-state index in [1.807, 2.05) is 0 Å². The highest BCUT2D eigenvalue weighted by Gasteiger charge is 2.53. The van der Waals surface area contributed by atoms with Crippen LogP contribution in [0.25, 0.3) is 22.2 Å². The first-order chi connectivity index (χ1) is 19.4. The van der Waals surface area contributed by atoms with Crippen LogP contribution in [0.5, 0.6) is 5.75 Å². The second kappa shape index (κ2) is 12.5. The molecule has 0 spiro atoms. The van der Waals surface area contributed by atoms with Gasteiger partial charge < -0.3 is 32.8 Å². The molecule has 2 aromatic heterocycles. The maximum atomic E-state index is 13.2. The van der Waals surface area contributed by atoms with Crippen molar-refractivity contribution in [3.8, 4) is 17.0 Å². The third-order valence-electron chi connectivity index (χ3n) is 5.93. The summed E-state index contributed by atoms with van der Waals surface area (Å²) in [6.07, 6.45) is -6.73. The molecule has 0 unspecified atom stereocenters. The number of carbonyl (C=O) groups excluding carboxylic acids is 4. The number of benzene rings is 1. The molecular formula is C27H27NO12S. The van der Waals surface area contributed by atoms with Crippen LogP contribution < -0.4 is 10.2 Å². The number of hydrogen-bond donors (Lipinski definition) is 0. The van der Waals surface area contributed by atoms with Crippen LogP contribution in [0.2, 0.25) is 0 Å². The van der Waals surface area contributed by atoms with Gasteiger partial charge in [-0.05, 0) is 19.1 Å². The lowest BCUT2D eigenvalue weighted by molar-refractivity contribution is -0.288. The number of aromatic nitrogens is 1. The minimum Gasteiger partial charge on any atom is -0.463 e. The van der Waals surface area contributed by atoms with E-state index in [2.05, 4.69) is 4.98 Å². The van der Waals surface area contributed by atoms with Gasteiger partial charge in [-0.3, -0.25) is 24.0 Å². The van der Waals surface area contributed by atoms with Crippen molar-refractivity contribution in [1.82, 2.24) is 4.98 Å². The van der Waals surface area contributed by atoms with Crippen LogP contribution in [0.4, 0.5) is 0 Å². The smallest absolute Gasteiger partial charge is 0.303 e. The van der Waals surface area contributed by atoms with Gasteiger partial charge in [0.25, 0.3) is 0 Å². The summed E-state index contributed by atoms with van der Waals surface area (Å²) in [5.74, 6) is -2.44. The van der Waals surface area contributed by atoms with Crippen LogP contribution in [0.1, 0.15) is 33.5 Å². The Balaban J connectivity index is 1.73. The van der Waals surface area contributed by atoms with E-state index in [0.29, 0.717) is 17.0 Å². The lowest BCUT2D eigenvalue weighted by Crippen LogP contribution is -2.63. The van der Waals surface area contributed by atoms with E-state index in [1.165, 1.54) is 36.5 Å². The number of hydrogen-bond acceptors (Lipinski definition) is 14. The number of fused-ring (bicyclic) bond motifs is 1. The highest BCUT2D eigenvalue weighted by atomic mass is 32.1. The van der Waals surface area contributed by atoms with E-state index in [0.717, 1.165) is 20.8 Å². The number of carbonyl (C=O) groups is 4. The summed E-state index contributed by atoms with van der Waals surface area (Å²) in [5.41, 5.74) is 2.37. The van der Waals surface area contributed by atoms with E-state index in [-0.39, 0.29) is 22.1 Å². The van der Waals surface area contributed by atoms with Crippen molar-refractivity contribution >= 4 is 46.2 Å². The van der Waals surface area contributed by atoms with Crippen molar-refractivity contribution in [3.63, 3.8) is 0 Å². The summed E-state index contributed by atoms with van der Waals surface area (Å²) in [7, 11) is 0. The fourth-order valence-electron chi connectivity index (χ4n) is 4.41. The molecule has 0 aliphatic carbocycles. The Morgan fingerprint density at radius 1 is 0.927 bits per heavy atom. The Morgan fingerprint density at radius 3 is 2.20 bits per heavy atom. The van der Waals surface area contributed by atoms with Gasteiger partial charge in [-0.2, -0.15) is 0 Å². The minimum absolute atomic E-state index is 0.141. The second-order valence-corrected chi connectivity index (χ2v) is 9.80. The lowest BCUT2D eigenvalue weighted by atomic mass is 9.98. The predicted molar refractivity (Wildman–Crippen MR) is 141 cm³/mol. The molecule has 1 saturated heterocycles. The van der Waals surface area contributed by atoms with Gasteiger partial charge in [0.1, 0.15) is 29.8 Å². The summed E-state index contributed by atoms with van der Waals surface area (Å²) in [6, 6.07) is 4.42. The third kappa shape index (κ3) is 6.89. The fourth-order valence-corrected chi connectivity index (χ4v) is 4.95. The Morgan fingerprint density at radius 2 is 1.59 bits per heavy atom. The first-order valence-electron chi connectivity index (χ1n) is 12.4. The lowest BCUT2D eigenvalue weighted by Gasteiger charge is -2.43. The average molecular weight is 590 g/mol. The zero-order valence-corrected chi connectivity index (χ0v) is 23.6. The molecule has 41 heavy (non-hydrogen) atoms. The summed E-state index contributed by atoms with van der Waals surface area (Å²) in [5, 5.41) is 2.01. The van der Waals surface area contributed by atoms with Crippen LogP contribution >= 0.6 is 11.3 Å². The van der Waals surface area contributed by atoms with E-state index in [4.69, 9.17) is 32.8 Å². The quantitative estimate of drug-likeness (QED) is 0.278. The molecule has 3 heterocycles. The molecule has 1 aliphatic rings. The molecule has 0 bridgehead atoms. The molecule has 1 fully saturated rings. The first-order valence-corrected chi connectivity index (χ1v) is 13.3. The molecule has 1 aliphatic heterocycles. The van der Waals surface area contributed by atoms with Gasteiger partial charge in [0.2, 0.25) is 17.8 Å². The van der Waals surface area contributed by atoms with Gasteiger partial charge in [0, 0.05) is 39.1 Å². The van der Waals surface area contributed by atoms with Gasteiger partial charge in [-0.15, -0.1) is 11.3 Å². The molecule has 14 heteroatoms. The molecule has 5 atom stereocenters. The van der Waals surface area contributed by atoms with Crippen molar-refractivity contribution < 1.29 is 52.0 Å². The van der Waals surface area contributed by atoms with Gasteiger partial charge in [-0.25, -0.2) is 4.98 Å². The number of esters is 4. The van der Waals surface area contributed by atoms with Crippen LogP contribution in [0.3, 0.4) is 0 Å². The normalized spacial score (nSPS) is 22.0. The number of nitrogens with zero attached hydrogens (tertiary/aromatic N) is 1. The summed E-state index contributed by atoms with van der Waals surface area (Å²) < 4.78 is 39.1. The molecule has 0 N–H and O–H groups in total. The van der Waals surface area contributed by atoms with Gasteiger partial charge in [0.15, 0.2) is 12.2 Å². The third-order valence-corrected chi connectivity index (χ3v) is 6.52. The molecule has 0 amide bonds. The first kappa shape index (κ1) is 29.7. The summed E-state index contributed by atoms with van der Waals surface area (Å²) in [4.78, 5) is 64.9. The van der Waals surface area contributed by atoms with Gasteiger partial charge in [0.05, 0.1) is 22.2 Å². The zero-order valence-electron chi connectivity index (χ0n) is 22.7. The van der Waals surface area contributed by atoms with Crippen molar-refractivity contribution in [2.45, 2.75) is 65.3 Å². The molecule has 13 nitrogen and oxygen atoms in total. The summed E-state index contributed by atoms with van der Waals surface area (Å²) in [6.45, 7) is 5.79. The average Bonchev–Trinajstić information content (AvgIpc) is 3.40.